The minimum Gasteiger partial charge on any atom is -0.496 e. The molecule has 1 aliphatic carbocycles. The number of aromatic nitrogens is 2. The number of methoxy groups -OCH3 is 1. The molecule has 2 fully saturated rings. The molecule has 1 saturated carbocycles. The molecule has 0 unspecified atom stereocenters. The number of rotatable bonds is 6. The van der Waals surface area contributed by atoms with Crippen molar-refractivity contribution in [2.45, 2.75) is 51.5 Å². The number of carbonyl (C=O) groups excluding carboxylic acids is 2. The van der Waals surface area contributed by atoms with Crippen molar-refractivity contribution in [2.24, 2.45) is 0 Å². The van der Waals surface area contributed by atoms with E-state index < -0.39 is 0 Å². The standard InChI is InChI=1S/C23H27ClN4O3/c1-13-18(11-21(29)27-17-5-6-17)14(2)26-22(25-13)15-8-9-28(12-15)23(30)19-10-16(24)4-7-20(19)31-3/h4,7,10,15,17H,5-6,8-9,11-12H2,1-3H3,(H,27,29)/t15-/m1/s1. The van der Waals surface area contributed by atoms with Crippen molar-refractivity contribution in [1.82, 2.24) is 20.2 Å². The van der Waals surface area contributed by atoms with E-state index in [0.717, 1.165) is 42.0 Å². The lowest BCUT2D eigenvalue weighted by Gasteiger charge is -2.19. The third-order valence-electron chi connectivity index (χ3n) is 5.95. The average molecular weight is 443 g/mol. The fourth-order valence-corrected chi connectivity index (χ4v) is 4.22. The Balaban J connectivity index is 1.47. The second kappa shape index (κ2) is 8.83. The lowest BCUT2D eigenvalue weighted by Crippen LogP contribution is -2.29. The molecule has 2 amide bonds. The Morgan fingerprint density at radius 1 is 1.19 bits per heavy atom. The Morgan fingerprint density at radius 2 is 1.90 bits per heavy atom. The normalized spacial score (nSPS) is 18.2. The van der Waals surface area contributed by atoms with Crippen molar-refractivity contribution in [1.29, 1.82) is 0 Å². The lowest BCUT2D eigenvalue weighted by atomic mass is 10.0. The largest absolute Gasteiger partial charge is 0.496 e. The molecule has 1 aromatic carbocycles. The highest BCUT2D eigenvalue weighted by atomic mass is 35.5. The van der Waals surface area contributed by atoms with Crippen LogP contribution in [0.15, 0.2) is 18.2 Å². The summed E-state index contributed by atoms with van der Waals surface area (Å²) >= 11 is 6.09. The first-order valence-electron chi connectivity index (χ1n) is 10.6. The minimum atomic E-state index is -0.108. The van der Waals surface area contributed by atoms with Gasteiger partial charge in [0, 0.05) is 47.0 Å². The Labute approximate surface area is 187 Å². The fourth-order valence-electron chi connectivity index (χ4n) is 4.04. The number of amides is 2. The summed E-state index contributed by atoms with van der Waals surface area (Å²) in [5, 5.41) is 3.51. The number of halogens is 1. The maximum atomic E-state index is 13.1. The first-order chi connectivity index (χ1) is 14.9. The van der Waals surface area contributed by atoms with E-state index in [1.165, 1.54) is 0 Å². The van der Waals surface area contributed by atoms with Gasteiger partial charge in [0.2, 0.25) is 5.91 Å². The molecule has 1 N–H and O–H groups in total. The van der Waals surface area contributed by atoms with Crippen molar-refractivity contribution < 1.29 is 14.3 Å². The molecular weight excluding hydrogens is 416 g/mol. The number of aryl methyl sites for hydroxylation is 2. The predicted molar refractivity (Wildman–Crippen MR) is 118 cm³/mol. The zero-order chi connectivity index (χ0) is 22.1. The molecule has 1 saturated heterocycles. The number of nitrogens with one attached hydrogen (secondary N) is 1. The van der Waals surface area contributed by atoms with Gasteiger partial charge >= 0.3 is 0 Å². The van der Waals surface area contributed by atoms with E-state index in [4.69, 9.17) is 26.3 Å². The van der Waals surface area contributed by atoms with Gasteiger partial charge < -0.3 is 15.0 Å². The van der Waals surface area contributed by atoms with Crippen LogP contribution in [0.25, 0.3) is 0 Å². The Hall–Kier alpha value is -2.67. The molecule has 2 aliphatic rings. The quantitative estimate of drug-likeness (QED) is 0.742. The number of hydrogen-bond acceptors (Lipinski definition) is 5. The van der Waals surface area contributed by atoms with Crippen molar-refractivity contribution in [3.63, 3.8) is 0 Å². The Kier molecular flexibility index (Phi) is 6.14. The van der Waals surface area contributed by atoms with Crippen LogP contribution in [0.3, 0.4) is 0 Å². The van der Waals surface area contributed by atoms with Gasteiger partial charge in [-0.25, -0.2) is 9.97 Å². The number of benzene rings is 1. The van der Waals surface area contributed by atoms with Crippen LogP contribution in [0, 0.1) is 13.8 Å². The van der Waals surface area contributed by atoms with Gasteiger partial charge in [-0.3, -0.25) is 9.59 Å². The van der Waals surface area contributed by atoms with E-state index >= 15 is 0 Å². The highest BCUT2D eigenvalue weighted by Crippen LogP contribution is 2.30. The van der Waals surface area contributed by atoms with E-state index in [-0.39, 0.29) is 17.7 Å². The van der Waals surface area contributed by atoms with E-state index in [9.17, 15) is 9.59 Å². The Morgan fingerprint density at radius 3 is 2.55 bits per heavy atom. The number of ether oxygens (including phenoxy) is 1. The third kappa shape index (κ3) is 4.82. The van der Waals surface area contributed by atoms with Crippen LogP contribution in [0.5, 0.6) is 5.75 Å². The molecule has 164 valence electrons. The van der Waals surface area contributed by atoms with Crippen molar-refractivity contribution in [3.05, 3.63) is 51.6 Å². The summed E-state index contributed by atoms with van der Waals surface area (Å²) in [6.45, 7) is 5.00. The lowest BCUT2D eigenvalue weighted by molar-refractivity contribution is -0.120. The van der Waals surface area contributed by atoms with Gasteiger partial charge in [-0.1, -0.05) is 11.6 Å². The van der Waals surface area contributed by atoms with Gasteiger partial charge in [0.15, 0.2) is 0 Å². The van der Waals surface area contributed by atoms with Gasteiger partial charge in [-0.05, 0) is 51.3 Å². The van der Waals surface area contributed by atoms with Gasteiger partial charge in [0.25, 0.3) is 5.91 Å². The molecule has 1 atom stereocenters. The molecule has 0 bridgehead atoms. The summed E-state index contributed by atoms with van der Waals surface area (Å²) in [5.41, 5.74) is 3.00. The molecular formula is C23H27ClN4O3. The van der Waals surface area contributed by atoms with Crippen LogP contribution in [0.2, 0.25) is 5.02 Å². The zero-order valence-electron chi connectivity index (χ0n) is 18.1. The molecule has 7 nitrogen and oxygen atoms in total. The summed E-state index contributed by atoms with van der Waals surface area (Å²) in [4.78, 5) is 36.5. The summed E-state index contributed by atoms with van der Waals surface area (Å²) in [5.74, 6) is 1.21. The summed E-state index contributed by atoms with van der Waals surface area (Å²) in [6, 6.07) is 5.39. The van der Waals surface area contributed by atoms with E-state index in [0.29, 0.717) is 41.9 Å². The monoisotopic (exact) mass is 442 g/mol. The second-order valence-electron chi connectivity index (χ2n) is 8.33. The number of carbonyl (C=O) groups is 2. The predicted octanol–water partition coefficient (Wildman–Crippen LogP) is 3.21. The van der Waals surface area contributed by atoms with Gasteiger partial charge in [0.05, 0.1) is 19.1 Å². The van der Waals surface area contributed by atoms with Crippen molar-refractivity contribution in [3.8, 4) is 5.75 Å². The van der Waals surface area contributed by atoms with Crippen LogP contribution >= 0.6 is 11.6 Å². The molecule has 1 aliphatic heterocycles. The smallest absolute Gasteiger partial charge is 0.257 e. The highest BCUT2D eigenvalue weighted by Gasteiger charge is 2.32. The second-order valence-corrected chi connectivity index (χ2v) is 8.77. The molecule has 0 radical (unpaired) electrons. The van der Waals surface area contributed by atoms with Gasteiger partial charge in [-0.2, -0.15) is 0 Å². The van der Waals surface area contributed by atoms with Crippen LogP contribution < -0.4 is 10.1 Å². The zero-order valence-corrected chi connectivity index (χ0v) is 18.8. The summed E-state index contributed by atoms with van der Waals surface area (Å²) in [6.07, 6.45) is 3.22. The van der Waals surface area contributed by atoms with E-state index in [1.54, 1.807) is 30.2 Å². The molecule has 2 aromatic rings. The third-order valence-corrected chi connectivity index (χ3v) is 6.19. The van der Waals surface area contributed by atoms with Crippen LogP contribution in [0.1, 0.15) is 58.3 Å². The molecule has 31 heavy (non-hydrogen) atoms. The molecule has 8 heteroatoms. The summed E-state index contributed by atoms with van der Waals surface area (Å²) < 4.78 is 5.33. The number of nitrogens with zero attached hydrogens (tertiary/aromatic N) is 3. The topological polar surface area (TPSA) is 84.4 Å². The number of hydrogen-bond donors (Lipinski definition) is 1. The van der Waals surface area contributed by atoms with E-state index in [1.807, 2.05) is 13.8 Å². The Bertz CT molecular complexity index is 999. The van der Waals surface area contributed by atoms with Crippen molar-refractivity contribution in [2.75, 3.05) is 20.2 Å². The maximum absolute atomic E-state index is 13.1. The van der Waals surface area contributed by atoms with Gasteiger partial charge in [0.1, 0.15) is 11.6 Å². The van der Waals surface area contributed by atoms with Crippen LogP contribution in [-0.4, -0.2) is 52.9 Å². The fraction of sp³-hybridized carbons (Fsp3) is 0.478. The highest BCUT2D eigenvalue weighted by molar-refractivity contribution is 6.31. The first-order valence-corrected chi connectivity index (χ1v) is 11.0. The van der Waals surface area contributed by atoms with E-state index in [2.05, 4.69) is 5.32 Å². The summed E-state index contributed by atoms with van der Waals surface area (Å²) in [7, 11) is 1.54. The molecule has 4 rings (SSSR count). The number of likely N-dealkylation sites (tertiary alicyclic amines) is 1. The van der Waals surface area contributed by atoms with Crippen molar-refractivity contribution >= 4 is 23.4 Å². The average Bonchev–Trinajstić information content (AvgIpc) is 3.41. The molecule has 2 heterocycles. The van der Waals surface area contributed by atoms with Crippen LogP contribution in [0.4, 0.5) is 0 Å². The maximum Gasteiger partial charge on any atom is 0.257 e. The molecule has 0 spiro atoms. The van der Waals surface area contributed by atoms with Crippen LogP contribution in [-0.2, 0) is 11.2 Å². The molecule has 1 aromatic heterocycles. The SMILES string of the molecule is COc1ccc(Cl)cc1C(=O)N1CC[C@@H](c2nc(C)c(CC(=O)NC3CC3)c(C)n2)C1. The minimum absolute atomic E-state index is 0.0261. The first kappa shape index (κ1) is 21.6. The van der Waals surface area contributed by atoms with Gasteiger partial charge in [-0.15, -0.1) is 0 Å².